The van der Waals surface area contributed by atoms with Gasteiger partial charge in [-0.1, -0.05) is 0 Å². The Labute approximate surface area is 106 Å². The van der Waals surface area contributed by atoms with Gasteiger partial charge in [0.05, 0.1) is 11.8 Å². The van der Waals surface area contributed by atoms with Gasteiger partial charge in [0.15, 0.2) is 11.4 Å². The molecule has 1 N–H and O–H groups in total. The van der Waals surface area contributed by atoms with Gasteiger partial charge in [-0.25, -0.2) is 4.79 Å². The van der Waals surface area contributed by atoms with Crippen molar-refractivity contribution in [2.24, 2.45) is 17.8 Å². The molecule has 0 aromatic carbocycles. The van der Waals surface area contributed by atoms with Crippen LogP contribution in [0.1, 0.15) is 39.0 Å². The van der Waals surface area contributed by atoms with Crippen molar-refractivity contribution in [3.8, 4) is 0 Å². The van der Waals surface area contributed by atoms with Crippen LogP contribution < -0.4 is 0 Å². The maximum absolute atomic E-state index is 12.4. The fourth-order valence-corrected chi connectivity index (χ4v) is 4.15. The Balaban J connectivity index is 1.85. The molecule has 4 rings (SSSR count). The molecular formula is C14H18O4. The maximum Gasteiger partial charge on any atom is 0.337 e. The van der Waals surface area contributed by atoms with Crippen LogP contribution in [0.25, 0.3) is 0 Å². The molecule has 2 unspecified atom stereocenters. The summed E-state index contributed by atoms with van der Waals surface area (Å²) in [4.78, 5) is 24.2. The minimum Gasteiger partial charge on any atom is -0.515 e. The van der Waals surface area contributed by atoms with E-state index < -0.39 is 11.6 Å². The van der Waals surface area contributed by atoms with E-state index in [9.17, 15) is 9.59 Å². The first-order valence-corrected chi connectivity index (χ1v) is 6.63. The standard InChI is InChI=1S/C14H18O4/c1-8(7-15)13(17)18-14-5-9-2-10(6-14)4-11(3-9)12(14)16/h7,9-11,15H,2-6H2,1H3/b8-7+. The summed E-state index contributed by atoms with van der Waals surface area (Å²) < 4.78 is 5.50. The van der Waals surface area contributed by atoms with Crippen molar-refractivity contribution in [1.29, 1.82) is 0 Å². The van der Waals surface area contributed by atoms with Crippen molar-refractivity contribution < 1.29 is 19.4 Å². The molecule has 4 nitrogen and oxygen atoms in total. The topological polar surface area (TPSA) is 63.6 Å². The molecule has 0 saturated heterocycles. The van der Waals surface area contributed by atoms with Gasteiger partial charge in [0.1, 0.15) is 0 Å². The monoisotopic (exact) mass is 250 g/mol. The summed E-state index contributed by atoms with van der Waals surface area (Å²) >= 11 is 0. The van der Waals surface area contributed by atoms with Gasteiger partial charge in [0.2, 0.25) is 0 Å². The second-order valence-electron chi connectivity index (χ2n) is 6.10. The lowest BCUT2D eigenvalue weighted by molar-refractivity contribution is -0.188. The molecule has 0 amide bonds. The van der Waals surface area contributed by atoms with Crippen LogP contribution in [0.4, 0.5) is 0 Å². The zero-order chi connectivity index (χ0) is 12.9. The van der Waals surface area contributed by atoms with Gasteiger partial charge in [-0.05, 0) is 50.9 Å². The first-order chi connectivity index (χ1) is 8.54. The second-order valence-corrected chi connectivity index (χ2v) is 6.10. The van der Waals surface area contributed by atoms with Crippen molar-refractivity contribution in [3.63, 3.8) is 0 Å². The largest absolute Gasteiger partial charge is 0.515 e. The van der Waals surface area contributed by atoms with Crippen molar-refractivity contribution in [2.45, 2.75) is 44.6 Å². The summed E-state index contributed by atoms with van der Waals surface area (Å²) in [6.07, 6.45) is 5.24. The van der Waals surface area contributed by atoms with E-state index in [-0.39, 0.29) is 17.3 Å². The van der Waals surface area contributed by atoms with Gasteiger partial charge in [0, 0.05) is 5.92 Å². The first-order valence-electron chi connectivity index (χ1n) is 6.63. The molecule has 0 aromatic heterocycles. The van der Waals surface area contributed by atoms with Crippen molar-refractivity contribution >= 4 is 11.8 Å². The van der Waals surface area contributed by atoms with Gasteiger partial charge in [-0.2, -0.15) is 0 Å². The van der Waals surface area contributed by atoms with E-state index in [1.54, 1.807) is 0 Å². The van der Waals surface area contributed by atoms with Gasteiger partial charge in [0.25, 0.3) is 0 Å². The highest BCUT2D eigenvalue weighted by Gasteiger charge is 2.59. The number of Topliss-reactive ketones (excluding diaryl/α,β-unsaturated/α-hetero) is 1. The summed E-state index contributed by atoms with van der Waals surface area (Å²) in [5.74, 6) is 0.724. The van der Waals surface area contributed by atoms with Crippen LogP contribution in [0, 0.1) is 17.8 Å². The first kappa shape index (κ1) is 11.8. The number of aliphatic hydroxyl groups is 1. The highest BCUT2D eigenvalue weighted by atomic mass is 16.6. The minimum atomic E-state index is -0.879. The van der Waals surface area contributed by atoms with Gasteiger partial charge >= 0.3 is 5.97 Å². The van der Waals surface area contributed by atoms with E-state index in [0.717, 1.165) is 19.1 Å². The van der Waals surface area contributed by atoms with Gasteiger partial charge < -0.3 is 9.84 Å². The predicted octanol–water partition coefficient (Wildman–Crippen LogP) is 2.14. The van der Waals surface area contributed by atoms with Crippen molar-refractivity contribution in [2.75, 3.05) is 0 Å². The molecule has 0 aliphatic heterocycles. The third-order valence-electron chi connectivity index (χ3n) is 4.76. The number of carbonyl (C=O) groups is 2. The summed E-state index contributed by atoms with van der Waals surface area (Å²) in [6, 6.07) is 0. The van der Waals surface area contributed by atoms with E-state index in [0.29, 0.717) is 24.7 Å². The number of ketones is 1. The molecule has 0 aromatic rings. The Kier molecular flexibility index (Phi) is 2.50. The predicted molar refractivity (Wildman–Crippen MR) is 63.8 cm³/mol. The quantitative estimate of drug-likeness (QED) is 0.463. The number of ether oxygens (including phenoxy) is 1. The highest BCUT2D eigenvalue weighted by molar-refractivity contribution is 5.96. The van der Waals surface area contributed by atoms with Crippen molar-refractivity contribution in [1.82, 2.24) is 0 Å². The van der Waals surface area contributed by atoms with E-state index >= 15 is 0 Å². The Morgan fingerprint density at radius 1 is 1.33 bits per heavy atom. The molecule has 98 valence electrons. The van der Waals surface area contributed by atoms with E-state index in [1.807, 2.05) is 0 Å². The lowest BCUT2D eigenvalue weighted by Gasteiger charge is -2.54. The number of hydrogen-bond donors (Lipinski definition) is 1. The van der Waals surface area contributed by atoms with Crippen LogP contribution in [0.2, 0.25) is 0 Å². The summed E-state index contributed by atoms with van der Waals surface area (Å²) in [7, 11) is 0. The number of carbonyl (C=O) groups excluding carboxylic acids is 2. The second kappa shape index (κ2) is 3.84. The van der Waals surface area contributed by atoms with E-state index in [4.69, 9.17) is 9.84 Å². The Bertz CT molecular complexity index is 423. The summed E-state index contributed by atoms with van der Waals surface area (Å²) in [5, 5.41) is 8.84. The van der Waals surface area contributed by atoms with Crippen molar-refractivity contribution in [3.05, 3.63) is 11.8 Å². The van der Waals surface area contributed by atoms with Crippen LogP contribution in [0.5, 0.6) is 0 Å². The van der Waals surface area contributed by atoms with Crippen LogP contribution >= 0.6 is 0 Å². The molecule has 4 bridgehead atoms. The Morgan fingerprint density at radius 2 is 1.94 bits per heavy atom. The molecule has 0 spiro atoms. The average molecular weight is 250 g/mol. The molecular weight excluding hydrogens is 232 g/mol. The zero-order valence-electron chi connectivity index (χ0n) is 10.5. The third kappa shape index (κ3) is 1.58. The summed E-state index contributed by atoms with van der Waals surface area (Å²) in [6.45, 7) is 1.49. The fraction of sp³-hybridized carbons (Fsp3) is 0.714. The smallest absolute Gasteiger partial charge is 0.337 e. The number of aliphatic hydroxyl groups excluding tert-OH is 1. The highest BCUT2D eigenvalue weighted by Crippen LogP contribution is 2.55. The Hall–Kier alpha value is -1.32. The van der Waals surface area contributed by atoms with Crippen LogP contribution in [0.15, 0.2) is 11.8 Å². The zero-order valence-corrected chi connectivity index (χ0v) is 10.5. The lowest BCUT2D eigenvalue weighted by atomic mass is 9.53. The molecule has 4 heteroatoms. The molecule has 4 aliphatic rings. The third-order valence-corrected chi connectivity index (χ3v) is 4.76. The molecule has 4 fully saturated rings. The fourth-order valence-electron chi connectivity index (χ4n) is 4.15. The lowest BCUT2D eigenvalue weighted by Crippen LogP contribution is -2.59. The molecule has 4 aliphatic carbocycles. The average Bonchev–Trinajstić information content (AvgIpc) is 2.33. The minimum absolute atomic E-state index is 0.0995. The van der Waals surface area contributed by atoms with Gasteiger partial charge in [-0.3, -0.25) is 4.79 Å². The summed E-state index contributed by atoms with van der Waals surface area (Å²) in [5.41, 5.74) is -0.727. The molecule has 2 atom stereocenters. The van der Waals surface area contributed by atoms with E-state index in [2.05, 4.69) is 0 Å². The van der Waals surface area contributed by atoms with Crippen LogP contribution in [-0.4, -0.2) is 22.5 Å². The molecule has 0 radical (unpaired) electrons. The maximum atomic E-state index is 12.4. The van der Waals surface area contributed by atoms with Crippen LogP contribution in [-0.2, 0) is 14.3 Å². The number of esters is 1. The molecule has 4 saturated carbocycles. The molecule has 0 heterocycles. The van der Waals surface area contributed by atoms with Crippen LogP contribution in [0.3, 0.4) is 0 Å². The van der Waals surface area contributed by atoms with Gasteiger partial charge in [-0.15, -0.1) is 0 Å². The molecule has 18 heavy (non-hydrogen) atoms. The van der Waals surface area contributed by atoms with E-state index in [1.165, 1.54) is 13.3 Å². The SMILES string of the molecule is C/C(=C\O)C(=O)OC12CC3CC(CC(C3)C1=O)C2. The Morgan fingerprint density at radius 3 is 2.50 bits per heavy atom. The number of rotatable bonds is 2. The number of hydrogen-bond acceptors (Lipinski definition) is 4. The normalized spacial score (nSPS) is 42.2.